The van der Waals surface area contributed by atoms with Gasteiger partial charge in [-0.25, -0.2) is 27.5 Å². The third kappa shape index (κ3) is 7.99. The molecular weight excluding hydrogens is 583 g/mol. The largest absolute Gasteiger partial charge is 1.00 e. The molecule has 0 saturated carbocycles. The zero-order valence-corrected chi connectivity index (χ0v) is 23.8. The van der Waals surface area contributed by atoms with Crippen LogP contribution in [0.5, 0.6) is 0 Å². The average Bonchev–Trinajstić information content (AvgIpc) is 2.90. The fourth-order valence-corrected chi connectivity index (χ4v) is 5.67. The lowest BCUT2D eigenvalue weighted by Crippen LogP contribution is -3.00. The molecule has 3 aromatic rings. The number of benzene rings is 2. The summed E-state index contributed by atoms with van der Waals surface area (Å²) in [5.41, 5.74) is 11.4. The molecule has 13 heteroatoms. The third-order valence-corrected chi connectivity index (χ3v) is 7.77. The fraction of sp³-hybridized carbons (Fsp3) is 0.393. The van der Waals surface area contributed by atoms with E-state index in [1.807, 2.05) is 0 Å². The van der Waals surface area contributed by atoms with Gasteiger partial charge in [0.1, 0.15) is 23.3 Å². The van der Waals surface area contributed by atoms with Crippen LogP contribution < -0.4 is 29.2 Å². The van der Waals surface area contributed by atoms with Crippen LogP contribution in [0.25, 0.3) is 0 Å². The Morgan fingerprint density at radius 3 is 1.93 bits per heavy atom. The summed E-state index contributed by atoms with van der Waals surface area (Å²) in [5.74, 6) is -3.13. The summed E-state index contributed by atoms with van der Waals surface area (Å²) in [7, 11) is 0. The predicted molar refractivity (Wildman–Crippen MR) is 145 cm³/mol. The van der Waals surface area contributed by atoms with Gasteiger partial charge < -0.3 is 33.7 Å². The Hall–Kier alpha value is -3.15. The van der Waals surface area contributed by atoms with Gasteiger partial charge in [-0.3, -0.25) is 4.79 Å². The molecule has 7 nitrogen and oxygen atoms in total. The summed E-state index contributed by atoms with van der Waals surface area (Å²) in [5, 5.41) is 2.82. The molecule has 1 saturated heterocycles. The molecule has 0 bridgehead atoms. The van der Waals surface area contributed by atoms with Crippen molar-refractivity contribution < 1.29 is 39.2 Å². The minimum atomic E-state index is -0.591. The van der Waals surface area contributed by atoms with Crippen molar-refractivity contribution in [3.63, 3.8) is 0 Å². The maximum Gasteiger partial charge on any atom is 0.274 e. The second-order valence-corrected chi connectivity index (χ2v) is 10.6. The Morgan fingerprint density at radius 1 is 0.902 bits per heavy atom. The van der Waals surface area contributed by atoms with Gasteiger partial charge >= 0.3 is 0 Å². The number of nitrogens with zero attached hydrogens (tertiary/aromatic N) is 3. The zero-order chi connectivity index (χ0) is 28.9. The molecule has 0 unspecified atom stereocenters. The maximum atomic E-state index is 14.2. The minimum Gasteiger partial charge on any atom is -1.00 e. The summed E-state index contributed by atoms with van der Waals surface area (Å²) < 4.78 is 57.4. The van der Waals surface area contributed by atoms with Gasteiger partial charge in [-0.05, 0) is 49.9 Å². The first kappa shape index (κ1) is 32.4. The van der Waals surface area contributed by atoms with Gasteiger partial charge in [-0.15, -0.1) is 0 Å². The number of amides is 1. The number of carbonyl (C=O) groups excluding carboxylic acids is 1. The molecule has 222 valence electrons. The molecule has 5 N–H and O–H groups in total. The van der Waals surface area contributed by atoms with E-state index in [1.165, 1.54) is 36.4 Å². The number of aromatic nitrogens is 2. The van der Waals surface area contributed by atoms with Gasteiger partial charge in [0.2, 0.25) is 0 Å². The van der Waals surface area contributed by atoms with Gasteiger partial charge in [-0.1, -0.05) is 23.7 Å². The third-order valence-electron chi connectivity index (χ3n) is 7.49. The Morgan fingerprint density at radius 2 is 1.41 bits per heavy atom. The highest BCUT2D eigenvalue weighted by molar-refractivity contribution is 6.31. The second-order valence-electron chi connectivity index (χ2n) is 10.2. The van der Waals surface area contributed by atoms with Gasteiger partial charge in [0.25, 0.3) is 5.91 Å². The van der Waals surface area contributed by atoms with Gasteiger partial charge in [0.15, 0.2) is 22.5 Å². The van der Waals surface area contributed by atoms with Crippen LogP contribution in [0, 0.1) is 23.3 Å². The van der Waals surface area contributed by atoms with Crippen molar-refractivity contribution in [3.05, 3.63) is 81.6 Å². The lowest BCUT2D eigenvalue weighted by atomic mass is 9.98. The molecule has 41 heavy (non-hydrogen) atoms. The number of piperidine rings is 1. The van der Waals surface area contributed by atoms with Crippen molar-refractivity contribution in [2.24, 2.45) is 0 Å². The van der Waals surface area contributed by atoms with Crippen LogP contribution in [0.4, 0.5) is 29.2 Å². The van der Waals surface area contributed by atoms with Crippen molar-refractivity contribution in [3.8, 4) is 0 Å². The number of nitrogens with one attached hydrogen (secondary N) is 1. The van der Waals surface area contributed by atoms with E-state index in [4.69, 9.17) is 23.1 Å². The SMILES string of the molecule is Nc1nc(N)c(C(=O)N[C@@H]2CCC[N+](CCCc3c(F)cccc3F)(CCCc3c(F)cccc3F)C2)nc1Cl.[Cl-]. The van der Waals surface area contributed by atoms with Crippen molar-refractivity contribution >= 4 is 29.1 Å². The summed E-state index contributed by atoms with van der Waals surface area (Å²) in [6, 6.07) is 7.31. The number of hydrogen-bond acceptors (Lipinski definition) is 5. The van der Waals surface area contributed by atoms with Crippen LogP contribution in [0.1, 0.15) is 47.3 Å². The van der Waals surface area contributed by atoms with Crippen molar-refractivity contribution in [2.75, 3.05) is 37.6 Å². The molecule has 0 spiro atoms. The Bertz CT molecular complexity index is 1280. The van der Waals surface area contributed by atoms with Crippen LogP contribution in [0.2, 0.25) is 5.15 Å². The topological polar surface area (TPSA) is 107 Å². The summed E-state index contributed by atoms with van der Waals surface area (Å²) in [6.07, 6.45) is 2.82. The molecule has 1 fully saturated rings. The molecular formula is C28H32Cl2F4N6O. The zero-order valence-electron chi connectivity index (χ0n) is 22.3. The van der Waals surface area contributed by atoms with E-state index in [9.17, 15) is 22.4 Å². The van der Waals surface area contributed by atoms with Crippen molar-refractivity contribution in [2.45, 2.75) is 44.6 Å². The highest BCUT2D eigenvalue weighted by atomic mass is 35.5. The van der Waals surface area contributed by atoms with Crippen molar-refractivity contribution in [1.29, 1.82) is 0 Å². The lowest BCUT2D eigenvalue weighted by Gasteiger charge is -2.45. The Balaban J connectivity index is 0.00000462. The van der Waals surface area contributed by atoms with Crippen LogP contribution in [-0.4, -0.2) is 52.6 Å². The first-order valence-corrected chi connectivity index (χ1v) is 13.6. The Labute approximate surface area is 247 Å². The summed E-state index contributed by atoms with van der Waals surface area (Å²) >= 11 is 5.93. The number of quaternary nitrogens is 1. The number of halogens is 6. The maximum absolute atomic E-state index is 14.2. The number of carbonyl (C=O) groups is 1. The monoisotopic (exact) mass is 614 g/mol. The number of hydrogen-bond donors (Lipinski definition) is 3. The molecule has 2 heterocycles. The van der Waals surface area contributed by atoms with E-state index in [0.717, 1.165) is 13.0 Å². The fourth-order valence-electron chi connectivity index (χ4n) is 5.55. The summed E-state index contributed by atoms with van der Waals surface area (Å²) in [4.78, 5) is 20.8. The van der Waals surface area contributed by atoms with E-state index >= 15 is 0 Å². The van der Waals surface area contributed by atoms with Crippen molar-refractivity contribution in [1.82, 2.24) is 15.3 Å². The molecule has 1 atom stereocenters. The smallest absolute Gasteiger partial charge is 0.274 e. The standard InChI is InChI=1S/C28H31ClF4N6O.ClH/c29-25-27(35)38-26(34)24(37-25)28(40)36-17-6-3-13-39(16-17,14-4-7-18-20(30)9-1-10-21(18)31)15-5-8-19-22(32)11-2-12-23(19)33;/h1-2,9-12,17H,3-8,13-16H2,(H4-,34,35,36,38,40);1H/t17-;/m1./s1. The second kappa shape index (κ2) is 14.2. The van der Waals surface area contributed by atoms with Crippen LogP contribution in [0.15, 0.2) is 36.4 Å². The molecule has 0 radical (unpaired) electrons. The van der Waals surface area contributed by atoms with E-state index in [0.29, 0.717) is 43.4 Å². The van der Waals surface area contributed by atoms with Crippen LogP contribution in [-0.2, 0) is 12.8 Å². The van der Waals surface area contributed by atoms with Gasteiger partial charge in [0.05, 0.1) is 32.2 Å². The van der Waals surface area contributed by atoms with Crippen LogP contribution in [0.3, 0.4) is 0 Å². The molecule has 0 aliphatic carbocycles. The summed E-state index contributed by atoms with van der Waals surface area (Å²) in [6.45, 7) is 2.40. The lowest BCUT2D eigenvalue weighted by molar-refractivity contribution is -0.933. The van der Waals surface area contributed by atoms with Crippen LogP contribution >= 0.6 is 11.6 Å². The van der Waals surface area contributed by atoms with E-state index in [1.54, 1.807) is 0 Å². The van der Waals surface area contributed by atoms with E-state index in [-0.39, 0.29) is 64.9 Å². The molecule has 1 amide bonds. The van der Waals surface area contributed by atoms with Gasteiger partial charge in [-0.2, -0.15) is 0 Å². The quantitative estimate of drug-likeness (QED) is 0.239. The molecule has 4 rings (SSSR count). The highest BCUT2D eigenvalue weighted by Crippen LogP contribution is 2.25. The predicted octanol–water partition coefficient (Wildman–Crippen LogP) is 1.83. The average molecular weight is 616 g/mol. The van der Waals surface area contributed by atoms with E-state index < -0.39 is 29.2 Å². The minimum absolute atomic E-state index is 0. The number of nitrogens with two attached hydrogens (primary N) is 2. The first-order valence-electron chi connectivity index (χ1n) is 13.2. The molecule has 1 aliphatic heterocycles. The number of nitrogen functional groups attached to an aromatic ring is 2. The molecule has 2 aromatic carbocycles. The Kier molecular flexibility index (Phi) is 11.2. The molecule has 1 aromatic heterocycles. The highest BCUT2D eigenvalue weighted by Gasteiger charge is 2.36. The number of rotatable bonds is 10. The molecule has 1 aliphatic rings. The normalized spacial score (nSPS) is 16.2. The first-order chi connectivity index (χ1) is 19.1. The van der Waals surface area contributed by atoms with E-state index in [2.05, 4.69) is 15.3 Å². The number of anilines is 2. The number of likely N-dealkylation sites (tertiary alicyclic amines) is 1. The van der Waals surface area contributed by atoms with Gasteiger partial charge in [0, 0.05) is 24.0 Å².